The van der Waals surface area contributed by atoms with Crippen LogP contribution in [0.2, 0.25) is 0 Å². The second kappa shape index (κ2) is 9.83. The Morgan fingerprint density at radius 2 is 1.82 bits per heavy atom. The molecule has 2 N–H and O–H groups in total. The molecule has 9 heteroatoms. The molecule has 0 aliphatic heterocycles. The number of nitrogens with one attached hydrogen (secondary N) is 2. The van der Waals surface area contributed by atoms with Crippen molar-refractivity contribution >= 4 is 16.7 Å². The Morgan fingerprint density at radius 1 is 0.970 bits per heavy atom. The molecule has 0 unspecified atom stereocenters. The third kappa shape index (κ3) is 5.56. The van der Waals surface area contributed by atoms with Gasteiger partial charge in [-0.25, -0.2) is 9.97 Å². The Bertz CT molecular complexity index is 1230. The predicted molar refractivity (Wildman–Crippen MR) is 122 cm³/mol. The van der Waals surface area contributed by atoms with Crippen molar-refractivity contribution in [1.29, 1.82) is 0 Å². The zero-order chi connectivity index (χ0) is 23.3. The number of para-hydroxylation sites is 1. The van der Waals surface area contributed by atoms with E-state index in [1.54, 1.807) is 25.5 Å². The summed E-state index contributed by atoms with van der Waals surface area (Å²) in [4.78, 5) is 13.5. The van der Waals surface area contributed by atoms with E-state index in [9.17, 15) is 13.2 Å². The lowest BCUT2D eigenvalue weighted by atomic mass is 10.0. The van der Waals surface area contributed by atoms with E-state index in [0.717, 1.165) is 27.6 Å². The van der Waals surface area contributed by atoms with Gasteiger partial charge in [0.25, 0.3) is 0 Å². The molecule has 0 aliphatic carbocycles. The van der Waals surface area contributed by atoms with E-state index < -0.39 is 12.7 Å². The lowest BCUT2D eigenvalue weighted by Crippen LogP contribution is -2.31. The van der Waals surface area contributed by atoms with Crippen LogP contribution in [-0.2, 0) is 0 Å². The smallest absolute Gasteiger partial charge is 0.401 e. The molecule has 0 bridgehead atoms. The van der Waals surface area contributed by atoms with Crippen LogP contribution in [0.15, 0.2) is 67.0 Å². The first-order chi connectivity index (χ1) is 15.9. The molecular formula is C24H22F3N5O. The Morgan fingerprint density at radius 3 is 2.58 bits per heavy atom. The third-order valence-corrected chi connectivity index (χ3v) is 4.91. The molecule has 0 aliphatic rings. The van der Waals surface area contributed by atoms with Crippen LogP contribution in [0.5, 0.6) is 5.75 Å². The van der Waals surface area contributed by atoms with Gasteiger partial charge in [-0.3, -0.25) is 4.98 Å². The number of aromatic nitrogens is 3. The van der Waals surface area contributed by atoms with E-state index in [0.29, 0.717) is 17.4 Å². The highest BCUT2D eigenvalue weighted by molar-refractivity contribution is 5.94. The molecule has 0 amide bonds. The highest BCUT2D eigenvalue weighted by atomic mass is 19.4. The van der Waals surface area contributed by atoms with Crippen LogP contribution in [-0.4, -0.2) is 47.9 Å². The molecule has 4 rings (SSSR count). The average molecular weight is 453 g/mol. The van der Waals surface area contributed by atoms with Gasteiger partial charge in [-0.2, -0.15) is 13.2 Å². The van der Waals surface area contributed by atoms with Crippen molar-refractivity contribution in [1.82, 2.24) is 20.3 Å². The van der Waals surface area contributed by atoms with Gasteiger partial charge in [0.2, 0.25) is 0 Å². The normalized spacial score (nSPS) is 11.5. The first kappa shape index (κ1) is 22.5. The quantitative estimate of drug-likeness (QED) is 0.369. The number of fused-ring (bicyclic) bond motifs is 1. The van der Waals surface area contributed by atoms with Gasteiger partial charge >= 0.3 is 6.18 Å². The minimum atomic E-state index is -4.24. The zero-order valence-electron chi connectivity index (χ0n) is 17.9. The number of ether oxygens (including phenoxy) is 1. The van der Waals surface area contributed by atoms with Gasteiger partial charge in [-0.15, -0.1) is 0 Å². The lowest BCUT2D eigenvalue weighted by molar-refractivity contribution is -0.124. The number of benzene rings is 2. The summed E-state index contributed by atoms with van der Waals surface area (Å²) in [5.41, 5.74) is 3.30. The molecule has 0 saturated heterocycles. The maximum absolute atomic E-state index is 12.3. The summed E-state index contributed by atoms with van der Waals surface area (Å²) in [6.07, 6.45) is -0.833. The van der Waals surface area contributed by atoms with Crippen molar-refractivity contribution in [2.75, 3.05) is 32.1 Å². The number of hydrogen-bond donors (Lipinski definition) is 2. The molecule has 0 radical (unpaired) electrons. The Balaban J connectivity index is 1.60. The number of anilines is 1. The average Bonchev–Trinajstić information content (AvgIpc) is 2.83. The van der Waals surface area contributed by atoms with Crippen LogP contribution in [0.1, 0.15) is 0 Å². The van der Waals surface area contributed by atoms with E-state index in [2.05, 4.69) is 25.6 Å². The van der Waals surface area contributed by atoms with Crippen LogP contribution in [0, 0.1) is 0 Å². The molecule has 2 aromatic carbocycles. The highest BCUT2D eigenvalue weighted by Gasteiger charge is 2.26. The number of nitrogens with zero attached hydrogens (tertiary/aromatic N) is 3. The zero-order valence-corrected chi connectivity index (χ0v) is 17.9. The highest BCUT2D eigenvalue weighted by Crippen LogP contribution is 2.34. The number of halogens is 3. The van der Waals surface area contributed by atoms with Crippen LogP contribution in [0.4, 0.5) is 19.0 Å². The number of alkyl halides is 3. The Kier molecular flexibility index (Phi) is 6.69. The third-order valence-electron chi connectivity index (χ3n) is 4.91. The van der Waals surface area contributed by atoms with Crippen LogP contribution in [0.3, 0.4) is 0 Å². The van der Waals surface area contributed by atoms with Gasteiger partial charge in [-0.05, 0) is 35.9 Å². The fraction of sp³-hybridized carbons (Fsp3) is 0.208. The summed E-state index contributed by atoms with van der Waals surface area (Å²) < 4.78 is 42.6. The summed E-state index contributed by atoms with van der Waals surface area (Å²) >= 11 is 0. The van der Waals surface area contributed by atoms with Crippen molar-refractivity contribution in [3.63, 3.8) is 0 Å². The lowest BCUT2D eigenvalue weighted by Gasteiger charge is -2.14. The Hall–Kier alpha value is -3.72. The van der Waals surface area contributed by atoms with E-state index in [4.69, 9.17) is 4.74 Å². The van der Waals surface area contributed by atoms with Crippen molar-refractivity contribution in [2.24, 2.45) is 0 Å². The fourth-order valence-corrected chi connectivity index (χ4v) is 3.40. The Labute approximate surface area is 188 Å². The van der Waals surface area contributed by atoms with E-state index in [1.807, 2.05) is 48.5 Å². The maximum atomic E-state index is 12.3. The first-order valence-corrected chi connectivity index (χ1v) is 10.3. The van der Waals surface area contributed by atoms with Gasteiger partial charge in [-0.1, -0.05) is 24.3 Å². The van der Waals surface area contributed by atoms with Crippen LogP contribution < -0.4 is 15.4 Å². The van der Waals surface area contributed by atoms with Gasteiger partial charge in [0.1, 0.15) is 18.2 Å². The van der Waals surface area contributed by atoms with Crippen LogP contribution >= 0.6 is 0 Å². The summed E-state index contributed by atoms with van der Waals surface area (Å²) in [7, 11) is 1.80. The molecule has 170 valence electrons. The van der Waals surface area contributed by atoms with Gasteiger partial charge in [0, 0.05) is 42.5 Å². The molecule has 0 saturated carbocycles. The van der Waals surface area contributed by atoms with E-state index >= 15 is 0 Å². The summed E-state index contributed by atoms with van der Waals surface area (Å²) in [5.74, 6) is 1.84. The number of rotatable bonds is 8. The first-order valence-electron chi connectivity index (χ1n) is 10.3. The van der Waals surface area contributed by atoms with Crippen molar-refractivity contribution in [3.05, 3.63) is 67.0 Å². The standard InChI is InChI=1S/C24H22F3N5O/c1-28-23-19-13-16(8-9-20(19)31-22(32-23)17-5-4-10-29-14-17)18-6-2-3-7-21(18)33-12-11-30-15-24(25,26)27/h2-10,13-14,30H,11-12,15H2,1H3,(H,28,31,32). The number of pyridine rings is 1. The topological polar surface area (TPSA) is 72.0 Å². The maximum Gasteiger partial charge on any atom is 0.401 e. The molecule has 4 aromatic rings. The fourth-order valence-electron chi connectivity index (χ4n) is 3.40. The van der Waals surface area contributed by atoms with Gasteiger partial charge in [0.15, 0.2) is 5.82 Å². The summed E-state index contributed by atoms with van der Waals surface area (Å²) in [5, 5.41) is 6.30. The molecule has 0 fully saturated rings. The van der Waals surface area contributed by atoms with Crippen molar-refractivity contribution in [2.45, 2.75) is 6.18 Å². The minimum absolute atomic E-state index is 0.0838. The van der Waals surface area contributed by atoms with E-state index in [1.165, 1.54) is 0 Å². The second-order valence-corrected chi connectivity index (χ2v) is 7.26. The molecule has 2 aromatic heterocycles. The summed E-state index contributed by atoms with van der Waals surface area (Å²) in [6.45, 7) is -0.850. The minimum Gasteiger partial charge on any atom is -0.492 e. The van der Waals surface area contributed by atoms with E-state index in [-0.39, 0.29) is 13.2 Å². The summed E-state index contributed by atoms with van der Waals surface area (Å²) in [6, 6.07) is 17.0. The van der Waals surface area contributed by atoms with Crippen molar-refractivity contribution in [3.8, 4) is 28.3 Å². The molecule has 0 spiro atoms. The molecule has 2 heterocycles. The monoisotopic (exact) mass is 453 g/mol. The van der Waals surface area contributed by atoms with Gasteiger partial charge < -0.3 is 15.4 Å². The predicted octanol–water partition coefficient (Wildman–Crippen LogP) is 4.93. The van der Waals surface area contributed by atoms with Crippen molar-refractivity contribution < 1.29 is 17.9 Å². The van der Waals surface area contributed by atoms with Crippen LogP contribution in [0.25, 0.3) is 33.4 Å². The molecular weight excluding hydrogens is 431 g/mol. The molecule has 0 atom stereocenters. The molecule has 33 heavy (non-hydrogen) atoms. The second-order valence-electron chi connectivity index (χ2n) is 7.26. The van der Waals surface area contributed by atoms with Gasteiger partial charge in [0.05, 0.1) is 12.1 Å². The number of hydrogen-bond acceptors (Lipinski definition) is 6. The SMILES string of the molecule is CNc1nc(-c2cccnc2)nc2ccc(-c3ccccc3OCCNCC(F)(F)F)cc12. The largest absolute Gasteiger partial charge is 0.492 e. The molecule has 6 nitrogen and oxygen atoms in total.